The highest BCUT2D eigenvalue weighted by Crippen LogP contribution is 2.34. The van der Waals surface area contributed by atoms with Gasteiger partial charge in [0.1, 0.15) is 17.9 Å². The minimum absolute atomic E-state index is 0.0208. The molecular weight excluding hydrogens is 538 g/mol. The molecule has 1 aliphatic rings. The van der Waals surface area contributed by atoms with Crippen LogP contribution < -0.4 is 15.0 Å². The number of hydrogen-bond acceptors (Lipinski definition) is 7. The number of nitrogens with one attached hydrogen (secondary N) is 1. The first-order valence-corrected chi connectivity index (χ1v) is 14.0. The van der Waals surface area contributed by atoms with Crippen molar-refractivity contribution in [3.63, 3.8) is 0 Å². The van der Waals surface area contributed by atoms with Crippen molar-refractivity contribution in [2.24, 2.45) is 0 Å². The zero-order chi connectivity index (χ0) is 30.7. The van der Waals surface area contributed by atoms with E-state index in [4.69, 9.17) is 14.2 Å². The van der Waals surface area contributed by atoms with Crippen molar-refractivity contribution in [1.82, 2.24) is 10.2 Å². The lowest BCUT2D eigenvalue weighted by Gasteiger charge is -2.23. The van der Waals surface area contributed by atoms with Crippen LogP contribution in [0.1, 0.15) is 69.3 Å². The van der Waals surface area contributed by atoms with E-state index in [9.17, 15) is 19.2 Å². The third-order valence-corrected chi connectivity index (χ3v) is 6.18. The van der Waals surface area contributed by atoms with Crippen LogP contribution in [0.5, 0.6) is 5.75 Å². The molecular formula is C32H39N3O7. The molecule has 10 nitrogen and oxygen atoms in total. The summed E-state index contributed by atoms with van der Waals surface area (Å²) in [6.45, 7) is 7.73. The number of carbonyl (C=O) groups is 4. The Labute approximate surface area is 247 Å². The monoisotopic (exact) mass is 577 g/mol. The molecule has 0 saturated heterocycles. The van der Waals surface area contributed by atoms with Crippen molar-refractivity contribution in [3.8, 4) is 17.6 Å². The smallest absolute Gasteiger partial charge is 0.407 e. The Kier molecular flexibility index (Phi) is 11.4. The number of unbranched alkanes of at least 4 members (excludes halogenated alkanes) is 2. The fraction of sp³-hybridized carbons (Fsp3) is 0.438. The van der Waals surface area contributed by atoms with E-state index in [-0.39, 0.29) is 37.9 Å². The molecule has 0 unspecified atom stereocenters. The summed E-state index contributed by atoms with van der Waals surface area (Å²) < 4.78 is 15.5. The predicted molar refractivity (Wildman–Crippen MR) is 159 cm³/mol. The molecule has 0 fully saturated rings. The van der Waals surface area contributed by atoms with E-state index >= 15 is 0 Å². The predicted octanol–water partition coefficient (Wildman–Crippen LogP) is 4.82. The summed E-state index contributed by atoms with van der Waals surface area (Å²) in [4.78, 5) is 53.7. The molecule has 0 radical (unpaired) electrons. The maximum absolute atomic E-state index is 13.7. The van der Waals surface area contributed by atoms with Crippen LogP contribution in [0.3, 0.4) is 0 Å². The molecule has 2 aromatic carbocycles. The zero-order valence-electron chi connectivity index (χ0n) is 25.0. The maximum Gasteiger partial charge on any atom is 0.407 e. The van der Waals surface area contributed by atoms with Gasteiger partial charge in [-0.2, -0.15) is 0 Å². The van der Waals surface area contributed by atoms with E-state index in [0.717, 1.165) is 12.8 Å². The van der Waals surface area contributed by atoms with Crippen molar-refractivity contribution in [2.75, 3.05) is 38.3 Å². The van der Waals surface area contributed by atoms with Gasteiger partial charge in [0.05, 0.1) is 31.4 Å². The molecule has 0 spiro atoms. The fourth-order valence-electron chi connectivity index (χ4n) is 4.25. The summed E-state index contributed by atoms with van der Waals surface area (Å²) in [5.74, 6) is 5.75. The van der Waals surface area contributed by atoms with Crippen LogP contribution in [0.4, 0.5) is 16.2 Å². The van der Waals surface area contributed by atoms with Crippen LogP contribution in [-0.4, -0.2) is 67.7 Å². The second kappa shape index (κ2) is 14.9. The summed E-state index contributed by atoms with van der Waals surface area (Å²) in [5.41, 5.74) is 1.42. The lowest BCUT2D eigenvalue weighted by atomic mass is 10.1. The summed E-state index contributed by atoms with van der Waals surface area (Å²) in [6.07, 6.45) is 1.65. The van der Waals surface area contributed by atoms with Crippen LogP contribution in [0.2, 0.25) is 0 Å². The Morgan fingerprint density at radius 3 is 2.45 bits per heavy atom. The third-order valence-electron chi connectivity index (χ3n) is 6.18. The average molecular weight is 578 g/mol. The highest BCUT2D eigenvalue weighted by Gasteiger charge is 2.33. The van der Waals surface area contributed by atoms with Crippen molar-refractivity contribution >= 4 is 35.3 Å². The van der Waals surface area contributed by atoms with Gasteiger partial charge < -0.3 is 24.4 Å². The van der Waals surface area contributed by atoms with Gasteiger partial charge in [0, 0.05) is 30.8 Å². The summed E-state index contributed by atoms with van der Waals surface area (Å²) in [5, 5.41) is 2.73. The molecule has 2 aromatic rings. The van der Waals surface area contributed by atoms with Gasteiger partial charge >= 0.3 is 12.1 Å². The molecule has 0 atom stereocenters. The van der Waals surface area contributed by atoms with Crippen molar-refractivity contribution in [2.45, 2.75) is 59.0 Å². The normalized spacial score (nSPS) is 13.0. The molecule has 10 heteroatoms. The number of rotatable bonds is 10. The highest BCUT2D eigenvalue weighted by molar-refractivity contribution is 6.13. The van der Waals surface area contributed by atoms with Crippen LogP contribution in [0, 0.1) is 11.8 Å². The number of fused-ring (bicyclic) bond motifs is 1. The number of alkyl carbamates (subject to hydrolysis) is 1. The van der Waals surface area contributed by atoms with E-state index in [1.165, 1.54) is 9.80 Å². The quantitative estimate of drug-likeness (QED) is 0.245. The molecule has 42 heavy (non-hydrogen) atoms. The van der Waals surface area contributed by atoms with Crippen molar-refractivity contribution in [3.05, 3.63) is 53.6 Å². The van der Waals surface area contributed by atoms with E-state index in [1.54, 1.807) is 56.5 Å². The van der Waals surface area contributed by atoms with Gasteiger partial charge in [0.15, 0.2) is 0 Å². The Morgan fingerprint density at radius 2 is 1.79 bits per heavy atom. The average Bonchev–Trinajstić information content (AvgIpc) is 3.04. The number of carbonyl (C=O) groups excluding carboxylic acids is 4. The van der Waals surface area contributed by atoms with Crippen molar-refractivity contribution in [1.29, 1.82) is 0 Å². The Bertz CT molecular complexity index is 1340. The second-order valence-corrected chi connectivity index (χ2v) is 10.6. The minimum atomic E-state index is -0.540. The molecule has 3 amide bonds. The number of anilines is 2. The first-order valence-electron chi connectivity index (χ1n) is 14.0. The van der Waals surface area contributed by atoms with E-state index in [1.807, 2.05) is 20.8 Å². The number of ether oxygens (including phenoxy) is 3. The topological polar surface area (TPSA) is 114 Å². The Hall–Kier alpha value is -4.52. The van der Waals surface area contributed by atoms with Crippen molar-refractivity contribution < 1.29 is 33.4 Å². The molecule has 1 aliphatic heterocycles. The third kappa shape index (κ3) is 9.26. The second-order valence-electron chi connectivity index (χ2n) is 10.6. The first kappa shape index (κ1) is 32.0. The minimum Gasteiger partial charge on any atom is -0.497 e. The SMILES string of the molecule is CCOC(=O)CCN1CC(=O)N(c2ccc(OC)cc2)c2ccc(C#CCCCCNC(=O)OC(C)(C)C)cc2C1=O. The van der Waals surface area contributed by atoms with E-state index < -0.39 is 17.7 Å². The standard InChI is InChI=1S/C32H39N3O7/c1-6-41-29(37)18-20-34-22-28(36)35(24-13-15-25(40-5)16-14-24)27-17-12-23(21-26(27)30(34)38)11-9-7-8-10-19-33-31(39)42-32(2,3)4/h12-17,21H,6-8,10,18-20,22H2,1-5H3,(H,33,39). The molecule has 0 saturated carbocycles. The summed E-state index contributed by atoms with van der Waals surface area (Å²) >= 11 is 0. The first-order chi connectivity index (χ1) is 20.0. The van der Waals surface area contributed by atoms with Crippen LogP contribution >= 0.6 is 0 Å². The molecule has 0 bridgehead atoms. The summed E-state index contributed by atoms with van der Waals surface area (Å²) in [7, 11) is 1.56. The Morgan fingerprint density at radius 1 is 1.05 bits per heavy atom. The molecule has 3 rings (SSSR count). The largest absolute Gasteiger partial charge is 0.497 e. The van der Waals surface area contributed by atoms with Crippen LogP contribution in [-0.2, 0) is 19.1 Å². The Balaban J connectivity index is 1.77. The van der Waals surface area contributed by atoms with Crippen LogP contribution in [0.15, 0.2) is 42.5 Å². The zero-order valence-corrected chi connectivity index (χ0v) is 25.0. The van der Waals surface area contributed by atoms with E-state index in [2.05, 4.69) is 17.2 Å². The molecule has 0 aliphatic carbocycles. The van der Waals surface area contributed by atoms with Gasteiger partial charge in [-0.1, -0.05) is 11.8 Å². The number of esters is 1. The van der Waals surface area contributed by atoms with Gasteiger partial charge in [-0.25, -0.2) is 4.79 Å². The van der Waals surface area contributed by atoms with E-state index in [0.29, 0.717) is 41.2 Å². The van der Waals surface area contributed by atoms with Gasteiger partial charge in [-0.3, -0.25) is 19.3 Å². The van der Waals surface area contributed by atoms with Crippen LogP contribution in [0.25, 0.3) is 0 Å². The number of methoxy groups -OCH3 is 1. The van der Waals surface area contributed by atoms with Gasteiger partial charge in [0.25, 0.3) is 11.8 Å². The highest BCUT2D eigenvalue weighted by atomic mass is 16.6. The fourth-order valence-corrected chi connectivity index (χ4v) is 4.25. The molecule has 224 valence electrons. The molecule has 1 N–H and O–H groups in total. The summed E-state index contributed by atoms with van der Waals surface area (Å²) in [6, 6.07) is 12.2. The number of amides is 3. The number of hydrogen-bond donors (Lipinski definition) is 1. The number of benzene rings is 2. The van der Waals surface area contributed by atoms with Gasteiger partial charge in [-0.05, 0) is 83.0 Å². The van der Waals surface area contributed by atoms with Gasteiger partial charge in [0.2, 0.25) is 0 Å². The molecule has 0 aromatic heterocycles. The lowest BCUT2D eigenvalue weighted by Crippen LogP contribution is -2.38. The van der Waals surface area contributed by atoms with Gasteiger partial charge in [-0.15, -0.1) is 0 Å². The lowest BCUT2D eigenvalue weighted by molar-refractivity contribution is -0.143. The number of nitrogens with zero attached hydrogens (tertiary/aromatic N) is 2. The maximum atomic E-state index is 13.7. The molecule has 1 heterocycles.